The zero-order valence-electron chi connectivity index (χ0n) is 13.2. The number of hydrogen-bond donors (Lipinski definition) is 1. The summed E-state index contributed by atoms with van der Waals surface area (Å²) in [5.41, 5.74) is 5.32. The van der Waals surface area contributed by atoms with Crippen LogP contribution in [0.2, 0.25) is 0 Å². The first-order valence-corrected chi connectivity index (χ1v) is 7.44. The number of allylic oxidation sites excluding steroid dienone is 1. The van der Waals surface area contributed by atoms with E-state index >= 15 is 0 Å². The lowest BCUT2D eigenvalue weighted by atomic mass is 9.97. The third-order valence-electron chi connectivity index (χ3n) is 3.94. The minimum absolute atomic E-state index is 0.00390. The lowest BCUT2D eigenvalue weighted by Gasteiger charge is -2.14. The standard InChI is InChI=1S/C19H18N2O2/c1-12(2)21-11-18-16(5-4-6-17(18)19(21)23)14-7-9-15(10-8-14)20-13(3)22/h4-10H,1,11H2,2-3H3,(H,20,22). The van der Waals surface area contributed by atoms with Crippen molar-refractivity contribution >= 4 is 17.5 Å². The summed E-state index contributed by atoms with van der Waals surface area (Å²) < 4.78 is 0. The Balaban J connectivity index is 1.99. The van der Waals surface area contributed by atoms with Crippen molar-refractivity contribution in [3.63, 3.8) is 0 Å². The molecular formula is C19H18N2O2. The molecule has 1 aliphatic rings. The first-order chi connectivity index (χ1) is 11.0. The molecule has 23 heavy (non-hydrogen) atoms. The van der Waals surface area contributed by atoms with E-state index in [0.29, 0.717) is 6.54 Å². The van der Waals surface area contributed by atoms with Crippen molar-refractivity contribution < 1.29 is 9.59 Å². The van der Waals surface area contributed by atoms with Gasteiger partial charge in [0.15, 0.2) is 0 Å². The van der Waals surface area contributed by atoms with Crippen LogP contribution < -0.4 is 5.32 Å². The third-order valence-corrected chi connectivity index (χ3v) is 3.94. The summed E-state index contributed by atoms with van der Waals surface area (Å²) in [6.07, 6.45) is 0. The summed E-state index contributed by atoms with van der Waals surface area (Å²) >= 11 is 0. The molecule has 4 heteroatoms. The van der Waals surface area contributed by atoms with Crippen LogP contribution in [0.3, 0.4) is 0 Å². The van der Waals surface area contributed by atoms with Gasteiger partial charge in [-0.2, -0.15) is 0 Å². The predicted molar refractivity (Wildman–Crippen MR) is 90.9 cm³/mol. The van der Waals surface area contributed by atoms with Gasteiger partial charge in [-0.15, -0.1) is 0 Å². The van der Waals surface area contributed by atoms with Gasteiger partial charge in [0.05, 0.1) is 6.54 Å². The number of benzene rings is 2. The summed E-state index contributed by atoms with van der Waals surface area (Å²) in [6, 6.07) is 13.4. The molecule has 0 aliphatic carbocycles. The topological polar surface area (TPSA) is 49.4 Å². The van der Waals surface area contributed by atoms with Crippen molar-refractivity contribution in [1.29, 1.82) is 0 Å². The van der Waals surface area contributed by atoms with Crippen LogP contribution in [-0.4, -0.2) is 16.7 Å². The molecule has 0 spiro atoms. The quantitative estimate of drug-likeness (QED) is 0.937. The summed E-state index contributed by atoms with van der Waals surface area (Å²) in [5.74, 6) is -0.0923. The monoisotopic (exact) mass is 306 g/mol. The average molecular weight is 306 g/mol. The van der Waals surface area contributed by atoms with Crippen molar-refractivity contribution in [2.24, 2.45) is 0 Å². The molecule has 1 aliphatic heterocycles. The van der Waals surface area contributed by atoms with Crippen LogP contribution in [0.1, 0.15) is 29.8 Å². The second kappa shape index (κ2) is 5.72. The summed E-state index contributed by atoms with van der Waals surface area (Å²) in [5, 5.41) is 2.75. The fraction of sp³-hybridized carbons (Fsp3) is 0.158. The van der Waals surface area contributed by atoms with Crippen LogP contribution in [0.4, 0.5) is 5.69 Å². The number of amides is 2. The molecule has 2 amide bonds. The second-order valence-corrected chi connectivity index (χ2v) is 5.72. The van der Waals surface area contributed by atoms with Crippen molar-refractivity contribution in [2.75, 3.05) is 5.32 Å². The van der Waals surface area contributed by atoms with Gasteiger partial charge in [-0.25, -0.2) is 0 Å². The summed E-state index contributed by atoms with van der Waals surface area (Å²) in [6.45, 7) is 7.75. The molecule has 0 atom stereocenters. The molecule has 0 saturated carbocycles. The van der Waals surface area contributed by atoms with Gasteiger partial charge in [0, 0.05) is 23.9 Å². The van der Waals surface area contributed by atoms with Crippen molar-refractivity contribution in [2.45, 2.75) is 20.4 Å². The van der Waals surface area contributed by atoms with E-state index < -0.39 is 0 Å². The molecule has 1 heterocycles. The van der Waals surface area contributed by atoms with Gasteiger partial charge in [-0.05, 0) is 41.8 Å². The van der Waals surface area contributed by atoms with Crippen LogP contribution in [0.5, 0.6) is 0 Å². The highest BCUT2D eigenvalue weighted by molar-refractivity contribution is 6.01. The second-order valence-electron chi connectivity index (χ2n) is 5.72. The molecule has 0 radical (unpaired) electrons. The normalized spacial score (nSPS) is 13.0. The molecule has 0 unspecified atom stereocenters. The minimum Gasteiger partial charge on any atom is -0.326 e. The molecule has 4 nitrogen and oxygen atoms in total. The van der Waals surface area contributed by atoms with Crippen molar-refractivity contribution in [3.8, 4) is 11.1 Å². The zero-order chi connectivity index (χ0) is 16.6. The molecule has 1 N–H and O–H groups in total. The Hall–Kier alpha value is -2.88. The Bertz CT molecular complexity index is 807. The molecule has 2 aromatic carbocycles. The summed E-state index contributed by atoms with van der Waals surface area (Å²) in [4.78, 5) is 25.2. The number of fused-ring (bicyclic) bond motifs is 1. The largest absolute Gasteiger partial charge is 0.326 e. The first kappa shape index (κ1) is 15.0. The Kier molecular flexibility index (Phi) is 3.74. The van der Waals surface area contributed by atoms with E-state index in [4.69, 9.17) is 0 Å². The number of anilines is 1. The maximum absolute atomic E-state index is 12.4. The van der Waals surface area contributed by atoms with Gasteiger partial charge in [-0.1, -0.05) is 30.8 Å². The van der Waals surface area contributed by atoms with Gasteiger partial charge < -0.3 is 10.2 Å². The van der Waals surface area contributed by atoms with E-state index in [9.17, 15) is 9.59 Å². The highest BCUT2D eigenvalue weighted by atomic mass is 16.2. The molecule has 116 valence electrons. The number of hydrogen-bond acceptors (Lipinski definition) is 2. The molecule has 2 aromatic rings. The smallest absolute Gasteiger partial charge is 0.258 e. The summed E-state index contributed by atoms with van der Waals surface area (Å²) in [7, 11) is 0. The molecule has 3 rings (SSSR count). The zero-order valence-corrected chi connectivity index (χ0v) is 13.2. The molecule has 0 aromatic heterocycles. The molecular weight excluding hydrogens is 288 g/mol. The Labute approximate surface area is 135 Å². The highest BCUT2D eigenvalue weighted by Crippen LogP contribution is 2.34. The number of nitrogens with one attached hydrogen (secondary N) is 1. The van der Waals surface area contributed by atoms with E-state index in [2.05, 4.69) is 11.9 Å². The molecule has 0 bridgehead atoms. The van der Waals surface area contributed by atoms with Gasteiger partial charge in [0.2, 0.25) is 5.91 Å². The number of nitrogens with zero attached hydrogens (tertiary/aromatic N) is 1. The van der Waals surface area contributed by atoms with Crippen LogP contribution in [0, 0.1) is 0 Å². The minimum atomic E-state index is -0.0963. The lowest BCUT2D eigenvalue weighted by molar-refractivity contribution is -0.114. The van der Waals surface area contributed by atoms with Crippen LogP contribution >= 0.6 is 0 Å². The maximum atomic E-state index is 12.4. The number of rotatable bonds is 3. The van der Waals surface area contributed by atoms with Gasteiger partial charge in [0.25, 0.3) is 5.91 Å². The SMILES string of the molecule is C=C(C)N1Cc2c(cccc2-c2ccc(NC(C)=O)cc2)C1=O. The molecule has 0 saturated heterocycles. The van der Waals surface area contributed by atoms with Crippen molar-refractivity contribution in [3.05, 3.63) is 65.9 Å². The highest BCUT2D eigenvalue weighted by Gasteiger charge is 2.29. The van der Waals surface area contributed by atoms with E-state index in [1.54, 1.807) is 4.90 Å². The Morgan fingerprint density at radius 1 is 1.09 bits per heavy atom. The van der Waals surface area contributed by atoms with E-state index in [1.165, 1.54) is 6.92 Å². The predicted octanol–water partition coefficient (Wildman–Crippen LogP) is 3.80. The van der Waals surface area contributed by atoms with Crippen molar-refractivity contribution in [1.82, 2.24) is 4.90 Å². The lowest BCUT2D eigenvalue weighted by Crippen LogP contribution is -2.20. The first-order valence-electron chi connectivity index (χ1n) is 7.44. The number of carbonyl (C=O) groups excluding carboxylic acids is 2. The maximum Gasteiger partial charge on any atom is 0.258 e. The van der Waals surface area contributed by atoms with Gasteiger partial charge in [0.1, 0.15) is 0 Å². The fourth-order valence-electron chi connectivity index (χ4n) is 2.85. The van der Waals surface area contributed by atoms with E-state index in [-0.39, 0.29) is 11.8 Å². The van der Waals surface area contributed by atoms with Crippen LogP contribution in [0.25, 0.3) is 11.1 Å². The number of carbonyl (C=O) groups is 2. The molecule has 0 fully saturated rings. The van der Waals surface area contributed by atoms with E-state index in [0.717, 1.165) is 33.6 Å². The fourth-order valence-corrected chi connectivity index (χ4v) is 2.85. The Morgan fingerprint density at radius 3 is 2.35 bits per heavy atom. The van der Waals surface area contributed by atoms with Crippen LogP contribution in [-0.2, 0) is 11.3 Å². The van der Waals surface area contributed by atoms with Crippen LogP contribution in [0.15, 0.2) is 54.7 Å². The van der Waals surface area contributed by atoms with Gasteiger partial charge >= 0.3 is 0 Å². The van der Waals surface area contributed by atoms with E-state index in [1.807, 2.05) is 49.4 Å². The Morgan fingerprint density at radius 2 is 1.74 bits per heavy atom. The average Bonchev–Trinajstić information content (AvgIpc) is 2.85. The third kappa shape index (κ3) is 2.75. The van der Waals surface area contributed by atoms with Gasteiger partial charge in [-0.3, -0.25) is 9.59 Å².